The normalized spacial score (nSPS) is 23.0. The fourth-order valence-electron chi connectivity index (χ4n) is 2.02. The van der Waals surface area contributed by atoms with Gasteiger partial charge < -0.3 is 10.0 Å². The van der Waals surface area contributed by atoms with Gasteiger partial charge in [0.15, 0.2) is 11.6 Å². The average Bonchev–Trinajstić information content (AvgIpc) is 2.19. The standard InChI is InChI=1S/C12H13F2NO2/c1-15(9-4-7(5-9)12(16)17)8-2-3-10(13)11(14)6-8/h2-3,6-7,9H,4-5H2,1H3,(H,16,17). The number of carboxylic acids is 1. The van der Waals surface area contributed by atoms with Crippen molar-refractivity contribution in [1.82, 2.24) is 0 Å². The summed E-state index contributed by atoms with van der Waals surface area (Å²) in [5.41, 5.74) is 0.567. The second-order valence-corrected chi connectivity index (χ2v) is 4.37. The first kappa shape index (κ1) is 11.8. The SMILES string of the molecule is CN(c1ccc(F)c(F)c1)C1CC(C(=O)O)C1. The Labute approximate surface area is 97.7 Å². The predicted molar refractivity (Wildman–Crippen MR) is 58.9 cm³/mol. The molecule has 0 bridgehead atoms. The highest BCUT2D eigenvalue weighted by Gasteiger charge is 2.36. The minimum absolute atomic E-state index is 0.0842. The van der Waals surface area contributed by atoms with Crippen molar-refractivity contribution in [1.29, 1.82) is 0 Å². The van der Waals surface area contributed by atoms with Crippen molar-refractivity contribution in [3.8, 4) is 0 Å². The number of nitrogens with zero attached hydrogens (tertiary/aromatic N) is 1. The fourth-order valence-corrected chi connectivity index (χ4v) is 2.02. The molecule has 1 N–H and O–H groups in total. The van der Waals surface area contributed by atoms with Crippen LogP contribution >= 0.6 is 0 Å². The molecule has 0 amide bonds. The zero-order valence-electron chi connectivity index (χ0n) is 9.36. The highest BCUT2D eigenvalue weighted by atomic mass is 19.2. The van der Waals surface area contributed by atoms with E-state index in [4.69, 9.17) is 5.11 Å². The summed E-state index contributed by atoms with van der Waals surface area (Å²) in [5.74, 6) is -2.87. The number of hydrogen-bond acceptors (Lipinski definition) is 2. The molecule has 1 aromatic rings. The summed E-state index contributed by atoms with van der Waals surface area (Å²) < 4.78 is 25.8. The third-order valence-electron chi connectivity index (χ3n) is 3.32. The number of anilines is 1. The van der Waals surface area contributed by atoms with Crippen LogP contribution in [-0.2, 0) is 4.79 Å². The van der Waals surface area contributed by atoms with Gasteiger partial charge in [-0.05, 0) is 25.0 Å². The number of hydrogen-bond donors (Lipinski definition) is 1. The van der Waals surface area contributed by atoms with E-state index in [1.165, 1.54) is 6.07 Å². The summed E-state index contributed by atoms with van der Waals surface area (Å²) in [6.45, 7) is 0. The van der Waals surface area contributed by atoms with Gasteiger partial charge in [0.1, 0.15) is 0 Å². The highest BCUT2D eigenvalue weighted by Crippen LogP contribution is 2.34. The molecule has 1 aliphatic rings. The van der Waals surface area contributed by atoms with Crippen molar-refractivity contribution in [2.45, 2.75) is 18.9 Å². The Morgan fingerprint density at radius 2 is 2.00 bits per heavy atom. The zero-order valence-corrected chi connectivity index (χ0v) is 9.36. The van der Waals surface area contributed by atoms with E-state index >= 15 is 0 Å². The van der Waals surface area contributed by atoms with Crippen LogP contribution < -0.4 is 4.90 Å². The lowest BCUT2D eigenvalue weighted by atomic mass is 9.79. The van der Waals surface area contributed by atoms with Crippen LogP contribution in [0.1, 0.15) is 12.8 Å². The molecule has 0 spiro atoms. The highest BCUT2D eigenvalue weighted by molar-refractivity contribution is 5.71. The molecular weight excluding hydrogens is 228 g/mol. The number of rotatable bonds is 3. The maximum Gasteiger partial charge on any atom is 0.306 e. The van der Waals surface area contributed by atoms with Crippen molar-refractivity contribution in [2.24, 2.45) is 5.92 Å². The Bertz CT molecular complexity index is 444. The molecule has 1 aromatic carbocycles. The summed E-state index contributed by atoms with van der Waals surface area (Å²) in [6.07, 6.45) is 1.09. The van der Waals surface area contributed by atoms with Gasteiger partial charge in [0.05, 0.1) is 5.92 Å². The number of carbonyl (C=O) groups is 1. The summed E-state index contributed by atoms with van der Waals surface area (Å²) in [5, 5.41) is 8.76. The second kappa shape index (κ2) is 4.31. The molecule has 1 saturated carbocycles. The van der Waals surface area contributed by atoms with Crippen LogP contribution in [0.15, 0.2) is 18.2 Å². The van der Waals surface area contributed by atoms with Crippen LogP contribution in [0, 0.1) is 17.6 Å². The lowest BCUT2D eigenvalue weighted by Crippen LogP contribution is -2.45. The van der Waals surface area contributed by atoms with Crippen LogP contribution in [0.4, 0.5) is 14.5 Å². The van der Waals surface area contributed by atoms with Crippen LogP contribution in [0.2, 0.25) is 0 Å². The van der Waals surface area contributed by atoms with Gasteiger partial charge in [0, 0.05) is 24.8 Å². The first-order valence-corrected chi connectivity index (χ1v) is 5.39. The van der Waals surface area contributed by atoms with Gasteiger partial charge >= 0.3 is 5.97 Å². The number of benzene rings is 1. The van der Waals surface area contributed by atoms with E-state index in [0.717, 1.165) is 12.1 Å². The molecule has 3 nitrogen and oxygen atoms in total. The monoisotopic (exact) mass is 241 g/mol. The molecule has 17 heavy (non-hydrogen) atoms. The maximum atomic E-state index is 13.0. The second-order valence-electron chi connectivity index (χ2n) is 4.37. The molecule has 2 rings (SSSR count). The fraction of sp³-hybridized carbons (Fsp3) is 0.417. The van der Waals surface area contributed by atoms with Crippen LogP contribution in [0.3, 0.4) is 0 Å². The van der Waals surface area contributed by atoms with Gasteiger partial charge in [-0.2, -0.15) is 0 Å². The zero-order chi connectivity index (χ0) is 12.6. The molecule has 0 aromatic heterocycles. The average molecular weight is 241 g/mol. The number of carboxylic acid groups (broad SMARTS) is 1. The van der Waals surface area contributed by atoms with E-state index in [9.17, 15) is 13.6 Å². The molecule has 0 aliphatic heterocycles. The Kier molecular flexibility index (Phi) is 3.00. The largest absolute Gasteiger partial charge is 0.481 e. The first-order valence-electron chi connectivity index (χ1n) is 5.39. The van der Waals surface area contributed by atoms with Crippen LogP contribution in [0.25, 0.3) is 0 Å². The van der Waals surface area contributed by atoms with E-state index < -0.39 is 17.6 Å². The topological polar surface area (TPSA) is 40.5 Å². The van der Waals surface area contributed by atoms with E-state index in [-0.39, 0.29) is 12.0 Å². The molecule has 1 aliphatic carbocycles. The van der Waals surface area contributed by atoms with Crippen molar-refractivity contribution >= 4 is 11.7 Å². The third kappa shape index (κ3) is 2.23. The summed E-state index contributed by atoms with van der Waals surface area (Å²) in [7, 11) is 1.76. The van der Waals surface area contributed by atoms with Crippen molar-refractivity contribution in [3.63, 3.8) is 0 Å². The van der Waals surface area contributed by atoms with Crippen LogP contribution in [-0.4, -0.2) is 24.2 Å². The molecule has 0 atom stereocenters. The minimum Gasteiger partial charge on any atom is -0.481 e. The quantitative estimate of drug-likeness (QED) is 0.882. The van der Waals surface area contributed by atoms with Crippen molar-refractivity contribution in [2.75, 3.05) is 11.9 Å². The van der Waals surface area contributed by atoms with E-state index in [1.807, 2.05) is 0 Å². The van der Waals surface area contributed by atoms with Gasteiger partial charge in [0.25, 0.3) is 0 Å². The van der Waals surface area contributed by atoms with E-state index in [1.54, 1.807) is 11.9 Å². The van der Waals surface area contributed by atoms with E-state index in [2.05, 4.69) is 0 Å². The molecule has 5 heteroatoms. The van der Waals surface area contributed by atoms with E-state index in [0.29, 0.717) is 18.5 Å². The number of aliphatic carboxylic acids is 1. The Balaban J connectivity index is 2.03. The first-order chi connectivity index (χ1) is 7.99. The lowest BCUT2D eigenvalue weighted by Gasteiger charge is -2.40. The Hall–Kier alpha value is -1.65. The maximum absolute atomic E-state index is 13.0. The molecule has 92 valence electrons. The van der Waals surface area contributed by atoms with Crippen LogP contribution in [0.5, 0.6) is 0 Å². The predicted octanol–water partition coefficient (Wildman–Crippen LogP) is 2.26. The summed E-state index contributed by atoms with van der Waals surface area (Å²) in [6, 6.07) is 3.78. The molecule has 0 unspecified atom stereocenters. The van der Waals surface area contributed by atoms with Gasteiger partial charge in [0.2, 0.25) is 0 Å². The van der Waals surface area contributed by atoms with Gasteiger partial charge in [-0.1, -0.05) is 0 Å². The molecule has 0 heterocycles. The van der Waals surface area contributed by atoms with Gasteiger partial charge in [-0.25, -0.2) is 8.78 Å². The third-order valence-corrected chi connectivity index (χ3v) is 3.32. The Morgan fingerprint density at radius 3 is 2.53 bits per heavy atom. The smallest absolute Gasteiger partial charge is 0.306 e. The molecule has 0 radical (unpaired) electrons. The molecule has 1 fully saturated rings. The summed E-state index contributed by atoms with van der Waals surface area (Å²) in [4.78, 5) is 12.5. The summed E-state index contributed by atoms with van der Waals surface area (Å²) >= 11 is 0. The molecular formula is C12H13F2NO2. The van der Waals surface area contributed by atoms with Gasteiger partial charge in [-0.15, -0.1) is 0 Å². The molecule has 0 saturated heterocycles. The minimum atomic E-state index is -0.886. The lowest BCUT2D eigenvalue weighted by molar-refractivity contribution is -0.145. The van der Waals surface area contributed by atoms with Crippen molar-refractivity contribution in [3.05, 3.63) is 29.8 Å². The van der Waals surface area contributed by atoms with Crippen molar-refractivity contribution < 1.29 is 18.7 Å². The van der Waals surface area contributed by atoms with Gasteiger partial charge in [-0.3, -0.25) is 4.79 Å². The Morgan fingerprint density at radius 1 is 1.35 bits per heavy atom. The number of halogens is 2.